The van der Waals surface area contributed by atoms with Crippen molar-refractivity contribution < 1.29 is 14.6 Å². The highest BCUT2D eigenvalue weighted by atomic mass is 16.5. The SMILES string of the molecule is Cc1cc(NC(=O)c2n[nH]c3c2CCCC3)ccc1OCCO. The Morgan fingerprint density at radius 2 is 2.22 bits per heavy atom. The summed E-state index contributed by atoms with van der Waals surface area (Å²) in [6.45, 7) is 2.13. The largest absolute Gasteiger partial charge is 0.491 e. The lowest BCUT2D eigenvalue weighted by Gasteiger charge is -2.12. The number of aryl methyl sites for hydroxylation is 2. The first-order valence-corrected chi connectivity index (χ1v) is 7.91. The highest BCUT2D eigenvalue weighted by Gasteiger charge is 2.21. The van der Waals surface area contributed by atoms with E-state index in [1.807, 2.05) is 13.0 Å². The van der Waals surface area contributed by atoms with Gasteiger partial charge in [0.25, 0.3) is 5.91 Å². The number of rotatable bonds is 5. The minimum absolute atomic E-state index is 0.0256. The minimum Gasteiger partial charge on any atom is -0.491 e. The number of carbonyl (C=O) groups is 1. The topological polar surface area (TPSA) is 87.2 Å². The van der Waals surface area contributed by atoms with E-state index in [0.717, 1.165) is 42.5 Å². The number of hydrogen-bond acceptors (Lipinski definition) is 4. The number of aromatic amines is 1. The smallest absolute Gasteiger partial charge is 0.276 e. The van der Waals surface area contributed by atoms with Crippen LogP contribution in [-0.4, -0.2) is 34.4 Å². The molecule has 1 aromatic heterocycles. The molecule has 0 saturated carbocycles. The molecule has 1 heterocycles. The molecule has 0 saturated heterocycles. The van der Waals surface area contributed by atoms with Gasteiger partial charge in [0.15, 0.2) is 5.69 Å². The van der Waals surface area contributed by atoms with E-state index in [0.29, 0.717) is 17.1 Å². The van der Waals surface area contributed by atoms with Gasteiger partial charge in [-0.2, -0.15) is 5.10 Å². The van der Waals surface area contributed by atoms with Crippen molar-refractivity contribution in [1.82, 2.24) is 10.2 Å². The molecule has 3 rings (SSSR count). The standard InChI is InChI=1S/C17H21N3O3/c1-11-10-12(6-7-15(11)23-9-8-21)18-17(22)16-13-4-2-3-5-14(13)19-20-16/h6-7,10,21H,2-5,8-9H2,1H3,(H,18,22)(H,19,20). The first kappa shape index (κ1) is 15.6. The quantitative estimate of drug-likeness (QED) is 0.789. The van der Waals surface area contributed by atoms with Gasteiger partial charge in [0.2, 0.25) is 0 Å². The summed E-state index contributed by atoms with van der Waals surface area (Å²) in [7, 11) is 0. The van der Waals surface area contributed by atoms with Gasteiger partial charge < -0.3 is 15.2 Å². The molecule has 0 spiro atoms. The van der Waals surface area contributed by atoms with Gasteiger partial charge in [-0.25, -0.2) is 0 Å². The number of amides is 1. The van der Waals surface area contributed by atoms with E-state index in [1.165, 1.54) is 0 Å². The van der Waals surface area contributed by atoms with Gasteiger partial charge in [0.05, 0.1) is 6.61 Å². The Morgan fingerprint density at radius 3 is 3.00 bits per heavy atom. The number of nitrogens with zero attached hydrogens (tertiary/aromatic N) is 1. The fraction of sp³-hybridized carbons (Fsp3) is 0.412. The first-order valence-electron chi connectivity index (χ1n) is 7.91. The number of H-pyrrole nitrogens is 1. The minimum atomic E-state index is -0.187. The van der Waals surface area contributed by atoms with E-state index in [-0.39, 0.29) is 19.1 Å². The Kier molecular flexibility index (Phi) is 4.62. The van der Waals surface area contributed by atoms with E-state index >= 15 is 0 Å². The number of carbonyl (C=O) groups excluding carboxylic acids is 1. The number of benzene rings is 1. The molecule has 0 aliphatic heterocycles. The molecule has 0 unspecified atom stereocenters. The van der Waals surface area contributed by atoms with Crippen molar-refractivity contribution in [2.75, 3.05) is 18.5 Å². The maximum atomic E-state index is 12.5. The summed E-state index contributed by atoms with van der Waals surface area (Å²) in [5, 5.41) is 18.9. The van der Waals surface area contributed by atoms with E-state index in [9.17, 15) is 4.79 Å². The first-order chi connectivity index (χ1) is 11.2. The molecule has 23 heavy (non-hydrogen) atoms. The highest BCUT2D eigenvalue weighted by Crippen LogP contribution is 2.25. The molecule has 122 valence electrons. The Labute approximate surface area is 134 Å². The fourth-order valence-electron chi connectivity index (χ4n) is 2.90. The van der Waals surface area contributed by atoms with E-state index in [4.69, 9.17) is 9.84 Å². The number of nitrogens with one attached hydrogen (secondary N) is 2. The molecule has 1 aliphatic carbocycles. The summed E-state index contributed by atoms with van der Waals surface area (Å²) in [4.78, 5) is 12.5. The van der Waals surface area contributed by atoms with Crippen molar-refractivity contribution in [3.63, 3.8) is 0 Å². The lowest BCUT2D eigenvalue weighted by atomic mass is 9.96. The fourth-order valence-corrected chi connectivity index (χ4v) is 2.90. The second-order valence-corrected chi connectivity index (χ2v) is 5.74. The number of aliphatic hydroxyl groups is 1. The maximum Gasteiger partial charge on any atom is 0.276 e. The van der Waals surface area contributed by atoms with Crippen molar-refractivity contribution in [3.8, 4) is 5.75 Å². The van der Waals surface area contributed by atoms with Gasteiger partial charge in [0, 0.05) is 16.9 Å². The van der Waals surface area contributed by atoms with E-state index in [1.54, 1.807) is 12.1 Å². The van der Waals surface area contributed by atoms with Crippen molar-refractivity contribution in [2.24, 2.45) is 0 Å². The highest BCUT2D eigenvalue weighted by molar-refractivity contribution is 6.04. The molecule has 1 aromatic carbocycles. The van der Waals surface area contributed by atoms with Crippen molar-refractivity contribution in [2.45, 2.75) is 32.6 Å². The zero-order chi connectivity index (χ0) is 16.2. The van der Waals surface area contributed by atoms with Crippen molar-refractivity contribution in [3.05, 3.63) is 40.7 Å². The summed E-state index contributed by atoms with van der Waals surface area (Å²) in [6.07, 6.45) is 4.11. The molecule has 0 radical (unpaired) electrons. The third kappa shape index (κ3) is 3.37. The van der Waals surface area contributed by atoms with Crippen LogP contribution in [0.4, 0.5) is 5.69 Å². The lowest BCUT2D eigenvalue weighted by molar-refractivity contribution is 0.102. The number of aliphatic hydroxyl groups excluding tert-OH is 1. The van der Waals surface area contributed by atoms with Crippen LogP contribution in [0.1, 0.15) is 40.2 Å². The predicted octanol–water partition coefficient (Wildman–Crippen LogP) is 2.22. The average Bonchev–Trinajstić information content (AvgIpc) is 2.98. The van der Waals surface area contributed by atoms with Crippen LogP contribution >= 0.6 is 0 Å². The van der Waals surface area contributed by atoms with E-state index < -0.39 is 0 Å². The molecular weight excluding hydrogens is 294 g/mol. The van der Waals surface area contributed by atoms with Crippen LogP contribution in [0.3, 0.4) is 0 Å². The Hall–Kier alpha value is -2.34. The van der Waals surface area contributed by atoms with Gasteiger partial charge >= 0.3 is 0 Å². The van der Waals surface area contributed by atoms with E-state index in [2.05, 4.69) is 15.5 Å². The zero-order valence-electron chi connectivity index (χ0n) is 13.2. The summed E-state index contributed by atoms with van der Waals surface area (Å²) in [6, 6.07) is 5.43. The molecule has 1 amide bonds. The molecule has 2 aromatic rings. The van der Waals surface area contributed by atoms with Crippen LogP contribution in [0.5, 0.6) is 5.75 Å². The molecule has 6 nitrogen and oxygen atoms in total. The molecule has 6 heteroatoms. The molecule has 1 aliphatic rings. The molecule has 0 fully saturated rings. The average molecular weight is 315 g/mol. The molecule has 3 N–H and O–H groups in total. The number of fused-ring (bicyclic) bond motifs is 1. The van der Waals surface area contributed by atoms with Crippen LogP contribution in [0, 0.1) is 6.92 Å². The second-order valence-electron chi connectivity index (χ2n) is 5.74. The Bertz CT molecular complexity index is 709. The number of hydrogen-bond donors (Lipinski definition) is 3. The van der Waals surface area contributed by atoms with Crippen molar-refractivity contribution >= 4 is 11.6 Å². The van der Waals surface area contributed by atoms with Gasteiger partial charge in [0.1, 0.15) is 12.4 Å². The van der Waals surface area contributed by atoms with Crippen LogP contribution in [0.25, 0.3) is 0 Å². The second kappa shape index (κ2) is 6.83. The molecule has 0 atom stereocenters. The summed E-state index contributed by atoms with van der Waals surface area (Å²) in [5.41, 5.74) is 4.24. The van der Waals surface area contributed by atoms with Crippen LogP contribution in [-0.2, 0) is 12.8 Å². The van der Waals surface area contributed by atoms with Gasteiger partial charge in [-0.05, 0) is 56.4 Å². The van der Waals surface area contributed by atoms with Crippen molar-refractivity contribution in [1.29, 1.82) is 0 Å². The summed E-state index contributed by atoms with van der Waals surface area (Å²) in [5.74, 6) is 0.516. The van der Waals surface area contributed by atoms with Gasteiger partial charge in [-0.1, -0.05) is 0 Å². The van der Waals surface area contributed by atoms with Gasteiger partial charge in [-0.3, -0.25) is 9.89 Å². The predicted molar refractivity (Wildman–Crippen MR) is 86.9 cm³/mol. The third-order valence-corrected chi connectivity index (χ3v) is 4.05. The summed E-state index contributed by atoms with van der Waals surface area (Å²) >= 11 is 0. The van der Waals surface area contributed by atoms with Crippen LogP contribution in [0.2, 0.25) is 0 Å². The van der Waals surface area contributed by atoms with Crippen LogP contribution < -0.4 is 10.1 Å². The number of ether oxygens (including phenoxy) is 1. The molecular formula is C17H21N3O3. The lowest BCUT2D eigenvalue weighted by Crippen LogP contribution is -2.15. The molecule has 0 bridgehead atoms. The Balaban J connectivity index is 1.73. The van der Waals surface area contributed by atoms with Crippen LogP contribution in [0.15, 0.2) is 18.2 Å². The normalized spacial score (nSPS) is 13.5. The zero-order valence-corrected chi connectivity index (χ0v) is 13.2. The summed E-state index contributed by atoms with van der Waals surface area (Å²) < 4.78 is 5.41. The van der Waals surface area contributed by atoms with Gasteiger partial charge in [-0.15, -0.1) is 0 Å². The third-order valence-electron chi connectivity index (χ3n) is 4.05. The Morgan fingerprint density at radius 1 is 1.39 bits per heavy atom. The number of anilines is 1. The number of aromatic nitrogens is 2. The monoisotopic (exact) mass is 315 g/mol. The maximum absolute atomic E-state index is 12.5.